The first-order chi connectivity index (χ1) is 11.5. The zero-order valence-electron chi connectivity index (χ0n) is 14.2. The molecule has 0 N–H and O–H groups in total. The summed E-state index contributed by atoms with van der Waals surface area (Å²) in [5.74, 6) is -0.745. The highest BCUT2D eigenvalue weighted by Crippen LogP contribution is 2.34. The van der Waals surface area contributed by atoms with Crippen LogP contribution in [-0.4, -0.2) is 29.8 Å². The number of imide groups is 1. The highest BCUT2D eigenvalue weighted by atomic mass is 35.5. The van der Waals surface area contributed by atoms with E-state index < -0.39 is 5.91 Å². The molecular formula is C19H23ClN2O2. The van der Waals surface area contributed by atoms with Crippen LogP contribution in [0.2, 0.25) is 0 Å². The van der Waals surface area contributed by atoms with Crippen molar-refractivity contribution in [3.8, 4) is 0 Å². The molecule has 0 radical (unpaired) electrons. The van der Waals surface area contributed by atoms with E-state index in [1.807, 2.05) is 36.2 Å². The van der Waals surface area contributed by atoms with E-state index in [0.29, 0.717) is 11.4 Å². The maximum Gasteiger partial charge on any atom is 0.283 e. The summed E-state index contributed by atoms with van der Waals surface area (Å²) in [5.41, 5.74) is 2.08. The van der Waals surface area contributed by atoms with Crippen molar-refractivity contribution in [2.24, 2.45) is 0 Å². The largest absolute Gasteiger partial charge is 0.366 e. The minimum absolute atomic E-state index is 0.0349. The first-order valence-corrected chi connectivity index (χ1v) is 9.02. The minimum Gasteiger partial charge on any atom is -0.366 e. The number of carbonyl (C=O) groups excluding carboxylic acids is 2. The second-order valence-electron chi connectivity index (χ2n) is 6.53. The van der Waals surface area contributed by atoms with Crippen LogP contribution in [0.15, 0.2) is 35.0 Å². The topological polar surface area (TPSA) is 40.6 Å². The number of aryl methyl sites for hydroxylation is 1. The number of hydrogen-bond donors (Lipinski definition) is 0. The van der Waals surface area contributed by atoms with E-state index in [4.69, 9.17) is 11.6 Å². The van der Waals surface area contributed by atoms with E-state index in [0.717, 1.165) is 37.7 Å². The summed E-state index contributed by atoms with van der Waals surface area (Å²) in [5, 5.41) is 0.0349. The number of amides is 2. The number of carbonyl (C=O) groups is 2. The van der Waals surface area contributed by atoms with Gasteiger partial charge >= 0.3 is 0 Å². The number of benzene rings is 1. The fourth-order valence-corrected chi connectivity index (χ4v) is 3.86. The molecule has 0 unspecified atom stereocenters. The summed E-state index contributed by atoms with van der Waals surface area (Å²) in [7, 11) is 1.88. The molecule has 2 amide bonds. The normalized spacial score (nSPS) is 19.4. The van der Waals surface area contributed by atoms with Crippen LogP contribution in [0.1, 0.15) is 44.6 Å². The van der Waals surface area contributed by atoms with Gasteiger partial charge in [-0.25, -0.2) is 4.90 Å². The van der Waals surface area contributed by atoms with Crippen molar-refractivity contribution in [2.75, 3.05) is 11.9 Å². The van der Waals surface area contributed by atoms with E-state index in [2.05, 4.69) is 6.92 Å². The lowest BCUT2D eigenvalue weighted by molar-refractivity contribution is -0.121. The van der Waals surface area contributed by atoms with E-state index in [1.54, 1.807) is 0 Å². The Morgan fingerprint density at radius 1 is 1.08 bits per heavy atom. The molecule has 0 atom stereocenters. The molecule has 128 valence electrons. The van der Waals surface area contributed by atoms with Gasteiger partial charge < -0.3 is 4.90 Å². The molecule has 0 saturated heterocycles. The van der Waals surface area contributed by atoms with Crippen molar-refractivity contribution in [2.45, 2.75) is 51.5 Å². The zero-order chi connectivity index (χ0) is 17.3. The summed E-state index contributed by atoms with van der Waals surface area (Å²) < 4.78 is 0. The predicted octanol–water partition coefficient (Wildman–Crippen LogP) is 3.84. The lowest BCUT2D eigenvalue weighted by Crippen LogP contribution is -2.38. The van der Waals surface area contributed by atoms with Gasteiger partial charge in [0.2, 0.25) is 0 Å². The molecule has 4 nitrogen and oxygen atoms in total. The van der Waals surface area contributed by atoms with Crippen molar-refractivity contribution >= 4 is 29.1 Å². The molecule has 24 heavy (non-hydrogen) atoms. The number of anilines is 1. The van der Waals surface area contributed by atoms with Gasteiger partial charge in [-0.05, 0) is 37.0 Å². The first-order valence-electron chi connectivity index (χ1n) is 8.65. The van der Waals surface area contributed by atoms with Crippen molar-refractivity contribution in [1.82, 2.24) is 4.90 Å². The van der Waals surface area contributed by atoms with Gasteiger partial charge in [0, 0.05) is 13.1 Å². The van der Waals surface area contributed by atoms with Crippen LogP contribution in [-0.2, 0) is 16.0 Å². The molecule has 1 aliphatic heterocycles. The fourth-order valence-electron chi connectivity index (χ4n) is 3.56. The van der Waals surface area contributed by atoms with E-state index in [9.17, 15) is 9.59 Å². The number of rotatable bonds is 4. The lowest BCUT2D eigenvalue weighted by atomic mass is 9.94. The fraction of sp³-hybridized carbons (Fsp3) is 0.474. The molecule has 0 bridgehead atoms. The number of likely N-dealkylation sites (N-methyl/N-ethyl adjacent to an activating group) is 1. The predicted molar refractivity (Wildman–Crippen MR) is 95.8 cm³/mol. The zero-order valence-corrected chi connectivity index (χ0v) is 15.0. The molecule has 1 heterocycles. The molecule has 0 aromatic heterocycles. The van der Waals surface area contributed by atoms with Crippen LogP contribution in [0.4, 0.5) is 5.69 Å². The van der Waals surface area contributed by atoms with Crippen molar-refractivity contribution in [3.05, 3.63) is 40.6 Å². The second kappa shape index (κ2) is 6.98. The highest BCUT2D eigenvalue weighted by molar-refractivity contribution is 6.52. The Bertz CT molecular complexity index is 675. The molecule has 0 spiro atoms. The van der Waals surface area contributed by atoms with Gasteiger partial charge in [0.05, 0.1) is 5.69 Å². The third-order valence-corrected chi connectivity index (χ3v) is 5.42. The van der Waals surface area contributed by atoms with Crippen LogP contribution in [0.5, 0.6) is 0 Å². The average Bonchev–Trinajstić information content (AvgIpc) is 2.84. The monoisotopic (exact) mass is 346 g/mol. The van der Waals surface area contributed by atoms with E-state index in [-0.39, 0.29) is 17.0 Å². The van der Waals surface area contributed by atoms with Gasteiger partial charge in [-0.3, -0.25) is 9.59 Å². The van der Waals surface area contributed by atoms with E-state index >= 15 is 0 Å². The summed E-state index contributed by atoms with van der Waals surface area (Å²) >= 11 is 6.27. The molecule has 1 aliphatic carbocycles. The third kappa shape index (κ3) is 2.95. The molecule has 2 aliphatic rings. The molecule has 1 aromatic rings. The van der Waals surface area contributed by atoms with Crippen molar-refractivity contribution in [3.63, 3.8) is 0 Å². The van der Waals surface area contributed by atoms with Gasteiger partial charge in [0.15, 0.2) is 0 Å². The average molecular weight is 347 g/mol. The molecular weight excluding hydrogens is 324 g/mol. The maximum atomic E-state index is 12.9. The van der Waals surface area contributed by atoms with Gasteiger partial charge in [-0.1, -0.05) is 49.9 Å². The Hall–Kier alpha value is -1.81. The molecule has 1 aromatic carbocycles. The Morgan fingerprint density at radius 3 is 2.29 bits per heavy atom. The summed E-state index contributed by atoms with van der Waals surface area (Å²) in [6.07, 6.45) is 6.54. The lowest BCUT2D eigenvalue weighted by Gasteiger charge is -2.33. The van der Waals surface area contributed by atoms with Crippen LogP contribution < -0.4 is 4.90 Å². The molecule has 5 heteroatoms. The molecule has 1 saturated carbocycles. The third-order valence-electron chi connectivity index (χ3n) is 5.08. The van der Waals surface area contributed by atoms with Crippen molar-refractivity contribution < 1.29 is 9.59 Å². The van der Waals surface area contributed by atoms with Crippen molar-refractivity contribution in [1.29, 1.82) is 0 Å². The number of halogens is 1. The van der Waals surface area contributed by atoms with Gasteiger partial charge in [0.25, 0.3) is 11.8 Å². The van der Waals surface area contributed by atoms with Gasteiger partial charge in [0.1, 0.15) is 10.7 Å². The number of nitrogens with zero attached hydrogens (tertiary/aromatic N) is 2. The summed E-state index contributed by atoms with van der Waals surface area (Å²) in [6, 6.07) is 7.77. The van der Waals surface area contributed by atoms with Crippen LogP contribution in [0, 0.1) is 0 Å². The van der Waals surface area contributed by atoms with Gasteiger partial charge in [-0.2, -0.15) is 0 Å². The summed E-state index contributed by atoms with van der Waals surface area (Å²) in [4.78, 5) is 28.6. The Labute approximate surface area is 148 Å². The Morgan fingerprint density at radius 2 is 1.71 bits per heavy atom. The van der Waals surface area contributed by atoms with E-state index in [1.165, 1.54) is 11.3 Å². The smallest absolute Gasteiger partial charge is 0.283 e. The quantitative estimate of drug-likeness (QED) is 0.778. The standard InChI is InChI=1S/C19H23ClN2O2/c1-3-13-9-11-15(12-10-13)22-18(23)16(20)17(19(22)24)21(2)14-7-5-4-6-8-14/h9-12,14H,3-8H2,1-2H3. The Balaban J connectivity index is 1.86. The SMILES string of the molecule is CCc1ccc(N2C(=O)C(Cl)=C(N(C)C3CCCCC3)C2=O)cc1. The van der Waals surface area contributed by atoms with Gasteiger partial charge in [-0.15, -0.1) is 0 Å². The van der Waals surface area contributed by atoms with Crippen LogP contribution in [0.3, 0.4) is 0 Å². The minimum atomic E-state index is -0.427. The van der Waals surface area contributed by atoms with Crippen LogP contribution in [0.25, 0.3) is 0 Å². The molecule has 3 rings (SSSR count). The Kier molecular flexibility index (Phi) is 4.95. The highest BCUT2D eigenvalue weighted by Gasteiger charge is 2.41. The molecule has 1 fully saturated rings. The maximum absolute atomic E-state index is 12.9. The second-order valence-corrected chi connectivity index (χ2v) is 6.91. The number of hydrogen-bond acceptors (Lipinski definition) is 3. The first kappa shape index (κ1) is 17.0. The van der Waals surface area contributed by atoms with Crippen LogP contribution >= 0.6 is 11.6 Å². The summed E-state index contributed by atoms with van der Waals surface area (Å²) in [6.45, 7) is 2.07.